The average molecular weight is 313 g/mol. The van der Waals surface area contributed by atoms with Crippen molar-refractivity contribution in [3.8, 4) is 0 Å². The second kappa shape index (κ2) is 7.89. The highest BCUT2D eigenvalue weighted by Gasteiger charge is 2.24. The number of nitrogens with zero attached hydrogens (tertiary/aromatic N) is 2. The predicted octanol–water partition coefficient (Wildman–Crippen LogP) is 1.67. The van der Waals surface area contributed by atoms with Crippen molar-refractivity contribution < 1.29 is 8.42 Å². The quantitative estimate of drug-likeness (QED) is 0.794. The summed E-state index contributed by atoms with van der Waals surface area (Å²) in [6.07, 6.45) is 0.659. The minimum Gasteiger partial charge on any atom is -0.327 e. The summed E-state index contributed by atoms with van der Waals surface area (Å²) < 4.78 is 27.6. The maximum Gasteiger partial charge on any atom is 0.281 e. The fourth-order valence-corrected chi connectivity index (χ4v) is 3.06. The summed E-state index contributed by atoms with van der Waals surface area (Å²) in [6.45, 7) is 4.88. The van der Waals surface area contributed by atoms with Gasteiger partial charge in [-0.1, -0.05) is 44.2 Å². The molecule has 1 aromatic carbocycles. The van der Waals surface area contributed by atoms with E-state index in [4.69, 9.17) is 5.73 Å². The second-order valence-electron chi connectivity index (χ2n) is 5.77. The van der Waals surface area contributed by atoms with Crippen LogP contribution in [-0.2, 0) is 16.8 Å². The largest absolute Gasteiger partial charge is 0.327 e. The van der Waals surface area contributed by atoms with Gasteiger partial charge in [-0.3, -0.25) is 0 Å². The zero-order valence-electron chi connectivity index (χ0n) is 13.4. The highest BCUT2D eigenvalue weighted by Crippen LogP contribution is 2.12. The van der Waals surface area contributed by atoms with Crippen LogP contribution in [0.15, 0.2) is 30.3 Å². The van der Waals surface area contributed by atoms with Gasteiger partial charge in [0.1, 0.15) is 0 Å². The highest BCUT2D eigenvalue weighted by atomic mass is 32.2. The minimum atomic E-state index is -3.45. The molecule has 1 unspecified atom stereocenters. The average Bonchev–Trinajstić information content (AvgIpc) is 2.44. The van der Waals surface area contributed by atoms with Gasteiger partial charge >= 0.3 is 0 Å². The van der Waals surface area contributed by atoms with E-state index in [0.29, 0.717) is 25.4 Å². The Hall–Kier alpha value is -0.950. The third kappa shape index (κ3) is 5.39. The van der Waals surface area contributed by atoms with Gasteiger partial charge in [-0.2, -0.15) is 17.0 Å². The van der Waals surface area contributed by atoms with Crippen LogP contribution in [0.4, 0.5) is 0 Å². The van der Waals surface area contributed by atoms with Crippen molar-refractivity contribution in [2.45, 2.75) is 32.9 Å². The molecule has 21 heavy (non-hydrogen) atoms. The van der Waals surface area contributed by atoms with Gasteiger partial charge < -0.3 is 5.73 Å². The van der Waals surface area contributed by atoms with E-state index >= 15 is 0 Å². The van der Waals surface area contributed by atoms with E-state index < -0.39 is 10.2 Å². The molecule has 0 spiro atoms. The van der Waals surface area contributed by atoms with Crippen LogP contribution in [0, 0.1) is 5.92 Å². The summed E-state index contributed by atoms with van der Waals surface area (Å²) in [6, 6.07) is 9.57. The molecule has 0 bridgehead atoms. The molecule has 0 amide bonds. The Morgan fingerprint density at radius 1 is 1.10 bits per heavy atom. The summed E-state index contributed by atoms with van der Waals surface area (Å²) in [5, 5.41) is 0. The Bertz CT molecular complexity index is 517. The molecule has 0 saturated carbocycles. The van der Waals surface area contributed by atoms with E-state index in [9.17, 15) is 8.42 Å². The lowest BCUT2D eigenvalue weighted by Gasteiger charge is -2.26. The number of benzene rings is 1. The maximum atomic E-state index is 12.4. The van der Waals surface area contributed by atoms with Crippen LogP contribution in [0.2, 0.25) is 0 Å². The van der Waals surface area contributed by atoms with Crippen molar-refractivity contribution in [1.29, 1.82) is 0 Å². The van der Waals surface area contributed by atoms with E-state index in [0.717, 1.165) is 5.56 Å². The smallest absolute Gasteiger partial charge is 0.281 e. The van der Waals surface area contributed by atoms with Gasteiger partial charge in [0.25, 0.3) is 10.2 Å². The zero-order valence-corrected chi connectivity index (χ0v) is 14.2. The van der Waals surface area contributed by atoms with Gasteiger partial charge in [0.2, 0.25) is 0 Å². The van der Waals surface area contributed by atoms with Gasteiger partial charge in [-0.25, -0.2) is 0 Å². The molecule has 1 rings (SSSR count). The molecule has 1 atom stereocenters. The number of hydrogen-bond acceptors (Lipinski definition) is 3. The monoisotopic (exact) mass is 313 g/mol. The highest BCUT2D eigenvalue weighted by molar-refractivity contribution is 7.86. The molecule has 2 N–H and O–H groups in total. The van der Waals surface area contributed by atoms with Crippen molar-refractivity contribution in [3.05, 3.63) is 35.9 Å². The zero-order chi connectivity index (χ0) is 16.0. The van der Waals surface area contributed by atoms with E-state index in [1.54, 1.807) is 14.1 Å². The molecule has 0 aliphatic rings. The standard InChI is InChI=1S/C15H27N3O2S/c1-13(2)15(16)10-11-17(3)21(19,20)18(4)12-14-8-6-5-7-9-14/h5-9,13,15H,10-12,16H2,1-4H3. The number of hydrogen-bond donors (Lipinski definition) is 1. The van der Waals surface area contributed by atoms with Crippen LogP contribution >= 0.6 is 0 Å². The van der Waals surface area contributed by atoms with Crippen molar-refractivity contribution >= 4 is 10.2 Å². The van der Waals surface area contributed by atoms with Crippen LogP contribution in [0.3, 0.4) is 0 Å². The van der Waals surface area contributed by atoms with E-state index in [1.165, 1.54) is 8.61 Å². The second-order valence-corrected chi connectivity index (χ2v) is 7.91. The van der Waals surface area contributed by atoms with Crippen molar-refractivity contribution in [1.82, 2.24) is 8.61 Å². The van der Waals surface area contributed by atoms with Gasteiger partial charge in [0.05, 0.1) is 0 Å². The molecule has 5 nitrogen and oxygen atoms in total. The lowest BCUT2D eigenvalue weighted by molar-refractivity contribution is 0.362. The van der Waals surface area contributed by atoms with E-state index in [-0.39, 0.29) is 6.04 Å². The summed E-state index contributed by atoms with van der Waals surface area (Å²) in [5.74, 6) is 0.350. The van der Waals surface area contributed by atoms with Gasteiger partial charge in [-0.05, 0) is 17.9 Å². The Kier molecular flexibility index (Phi) is 6.80. The summed E-state index contributed by atoms with van der Waals surface area (Å²) >= 11 is 0. The van der Waals surface area contributed by atoms with E-state index in [2.05, 4.69) is 0 Å². The Labute approximate surface area is 128 Å². The first-order chi connectivity index (χ1) is 9.75. The molecule has 0 heterocycles. The van der Waals surface area contributed by atoms with Gasteiger partial charge in [0.15, 0.2) is 0 Å². The maximum absolute atomic E-state index is 12.4. The molecule has 6 heteroatoms. The molecule has 0 aliphatic heterocycles. The summed E-state index contributed by atoms with van der Waals surface area (Å²) in [4.78, 5) is 0. The lowest BCUT2D eigenvalue weighted by atomic mass is 10.0. The van der Waals surface area contributed by atoms with Gasteiger partial charge in [0, 0.05) is 33.2 Å². The van der Waals surface area contributed by atoms with Crippen molar-refractivity contribution in [3.63, 3.8) is 0 Å². The third-order valence-electron chi connectivity index (χ3n) is 3.67. The first-order valence-electron chi connectivity index (χ1n) is 7.22. The lowest BCUT2D eigenvalue weighted by Crippen LogP contribution is -2.41. The molecule has 0 saturated heterocycles. The Morgan fingerprint density at radius 3 is 2.19 bits per heavy atom. The van der Waals surface area contributed by atoms with Crippen LogP contribution < -0.4 is 5.73 Å². The molecule has 1 aromatic rings. The molecule has 120 valence electrons. The normalized spacial score (nSPS) is 14.1. The summed E-state index contributed by atoms with van der Waals surface area (Å²) in [7, 11) is -0.248. The van der Waals surface area contributed by atoms with Crippen LogP contribution in [-0.4, -0.2) is 43.7 Å². The fraction of sp³-hybridized carbons (Fsp3) is 0.600. The fourth-order valence-electron chi connectivity index (χ4n) is 1.94. The molecule has 0 aliphatic carbocycles. The minimum absolute atomic E-state index is 0.0158. The Balaban J connectivity index is 2.62. The third-order valence-corrected chi connectivity index (χ3v) is 5.56. The van der Waals surface area contributed by atoms with Crippen molar-refractivity contribution in [2.75, 3.05) is 20.6 Å². The molecule has 0 aromatic heterocycles. The van der Waals surface area contributed by atoms with Gasteiger partial charge in [-0.15, -0.1) is 0 Å². The number of nitrogens with two attached hydrogens (primary N) is 1. The van der Waals surface area contributed by atoms with Crippen LogP contribution in [0.1, 0.15) is 25.8 Å². The van der Waals surface area contributed by atoms with Crippen LogP contribution in [0.25, 0.3) is 0 Å². The first kappa shape index (κ1) is 18.1. The predicted molar refractivity (Wildman–Crippen MR) is 86.9 cm³/mol. The topological polar surface area (TPSA) is 66.6 Å². The first-order valence-corrected chi connectivity index (χ1v) is 8.62. The van der Waals surface area contributed by atoms with Crippen molar-refractivity contribution in [2.24, 2.45) is 11.7 Å². The van der Waals surface area contributed by atoms with Crippen LogP contribution in [0.5, 0.6) is 0 Å². The molecular weight excluding hydrogens is 286 g/mol. The Morgan fingerprint density at radius 2 is 1.67 bits per heavy atom. The van der Waals surface area contributed by atoms with E-state index in [1.807, 2.05) is 44.2 Å². The summed E-state index contributed by atoms with van der Waals surface area (Å²) in [5.41, 5.74) is 6.94. The molecular formula is C15H27N3O2S. The molecule has 0 radical (unpaired) electrons. The molecule has 0 fully saturated rings. The SMILES string of the molecule is CC(C)C(N)CCN(C)S(=O)(=O)N(C)Cc1ccccc1. The number of rotatable bonds is 8.